The number of hydrogen-bond acceptors (Lipinski definition) is 2. The van der Waals surface area contributed by atoms with Crippen molar-refractivity contribution >= 4 is 0 Å². The lowest BCUT2D eigenvalue weighted by molar-refractivity contribution is 0.636. The van der Waals surface area contributed by atoms with Gasteiger partial charge in [0.1, 0.15) is 0 Å². The molecule has 0 aromatic rings. The molecule has 17 heavy (non-hydrogen) atoms. The Balaban J connectivity index is 3.67. The van der Waals surface area contributed by atoms with Crippen molar-refractivity contribution in [2.45, 2.75) is 34.1 Å². The van der Waals surface area contributed by atoms with Crippen molar-refractivity contribution in [3.63, 3.8) is 0 Å². The maximum atomic E-state index is 4.02. The van der Waals surface area contributed by atoms with E-state index in [1.165, 1.54) is 5.57 Å². The lowest BCUT2D eigenvalue weighted by atomic mass is 10.1. The molecule has 0 radical (unpaired) electrons. The quantitative estimate of drug-likeness (QED) is 0.599. The molecule has 98 valence electrons. The fraction of sp³-hybridized carbons (Fsp3) is 0.600. The van der Waals surface area contributed by atoms with Crippen LogP contribution in [0, 0.1) is 11.8 Å². The molecular weight excluding hydrogens is 208 g/mol. The van der Waals surface area contributed by atoms with E-state index in [2.05, 4.69) is 58.1 Å². The first-order valence-corrected chi connectivity index (χ1v) is 6.36. The number of nitrogens with one attached hydrogen (secondary N) is 2. The largest absolute Gasteiger partial charge is 0.388 e. The smallest absolute Gasteiger partial charge is 0.0356 e. The molecule has 0 atom stereocenters. The van der Waals surface area contributed by atoms with Crippen LogP contribution in [0.1, 0.15) is 34.1 Å². The Morgan fingerprint density at radius 2 is 1.53 bits per heavy atom. The van der Waals surface area contributed by atoms with E-state index in [0.717, 1.165) is 30.9 Å². The summed E-state index contributed by atoms with van der Waals surface area (Å²) in [6.45, 7) is 22.3. The summed E-state index contributed by atoms with van der Waals surface area (Å²) in [5.74, 6) is 1.01. The van der Waals surface area contributed by atoms with Gasteiger partial charge in [-0.05, 0) is 11.8 Å². The van der Waals surface area contributed by atoms with E-state index in [4.69, 9.17) is 0 Å². The van der Waals surface area contributed by atoms with E-state index in [1.54, 1.807) is 0 Å². The summed E-state index contributed by atoms with van der Waals surface area (Å²) in [5, 5.41) is 6.61. The highest BCUT2D eigenvalue weighted by atomic mass is 14.9. The Kier molecular flexibility index (Phi) is 7.44. The maximum absolute atomic E-state index is 4.02. The average molecular weight is 236 g/mol. The minimum Gasteiger partial charge on any atom is -0.388 e. The lowest BCUT2D eigenvalue weighted by Crippen LogP contribution is -2.23. The zero-order valence-electron chi connectivity index (χ0n) is 11.9. The molecule has 0 unspecified atom stereocenters. The third-order valence-electron chi connectivity index (χ3n) is 2.86. The number of allylic oxidation sites excluding steroid dienone is 1. The Morgan fingerprint density at radius 3 is 2.00 bits per heavy atom. The Hall–Kier alpha value is -1.18. The molecule has 0 aliphatic heterocycles. The van der Waals surface area contributed by atoms with Gasteiger partial charge in [0.15, 0.2) is 0 Å². The summed E-state index contributed by atoms with van der Waals surface area (Å²) in [6.07, 6.45) is 0.914. The molecule has 0 aliphatic carbocycles. The van der Waals surface area contributed by atoms with E-state index in [9.17, 15) is 0 Å². The molecule has 2 N–H and O–H groups in total. The van der Waals surface area contributed by atoms with E-state index in [-0.39, 0.29) is 0 Å². The van der Waals surface area contributed by atoms with Crippen LogP contribution in [0.4, 0.5) is 0 Å². The summed E-state index contributed by atoms with van der Waals surface area (Å²) in [5.41, 5.74) is 3.35. The summed E-state index contributed by atoms with van der Waals surface area (Å²) >= 11 is 0. The van der Waals surface area contributed by atoms with Crippen LogP contribution in [0.25, 0.3) is 0 Å². The third kappa shape index (κ3) is 7.67. The van der Waals surface area contributed by atoms with Crippen LogP contribution in [-0.4, -0.2) is 13.1 Å². The molecule has 0 aromatic carbocycles. The van der Waals surface area contributed by atoms with Gasteiger partial charge in [0.05, 0.1) is 0 Å². The topological polar surface area (TPSA) is 24.1 Å². The van der Waals surface area contributed by atoms with Crippen LogP contribution in [0.5, 0.6) is 0 Å². The minimum atomic E-state index is 0.483. The average Bonchev–Trinajstić information content (AvgIpc) is 2.25. The minimum absolute atomic E-state index is 0.483. The van der Waals surface area contributed by atoms with Gasteiger partial charge in [-0.1, -0.05) is 53.0 Å². The highest BCUT2D eigenvalue weighted by Gasteiger charge is 2.02. The van der Waals surface area contributed by atoms with Crippen molar-refractivity contribution in [3.8, 4) is 0 Å². The normalized spacial score (nSPS) is 10.5. The lowest BCUT2D eigenvalue weighted by Gasteiger charge is -2.16. The van der Waals surface area contributed by atoms with Crippen molar-refractivity contribution in [2.75, 3.05) is 13.1 Å². The summed E-state index contributed by atoms with van der Waals surface area (Å²) < 4.78 is 0. The zero-order valence-corrected chi connectivity index (χ0v) is 11.9. The highest BCUT2D eigenvalue weighted by molar-refractivity contribution is 5.05. The van der Waals surface area contributed by atoms with Gasteiger partial charge >= 0.3 is 0 Å². The molecule has 0 rings (SSSR count). The molecule has 0 heterocycles. The Morgan fingerprint density at radius 1 is 0.941 bits per heavy atom. The first-order valence-electron chi connectivity index (χ1n) is 6.36. The second kappa shape index (κ2) is 7.99. The molecule has 0 saturated carbocycles. The van der Waals surface area contributed by atoms with Gasteiger partial charge in [-0.2, -0.15) is 0 Å². The molecule has 0 amide bonds. The molecule has 0 aliphatic rings. The molecule has 0 bridgehead atoms. The molecule has 0 spiro atoms. The summed E-state index contributed by atoms with van der Waals surface area (Å²) in [4.78, 5) is 0. The van der Waals surface area contributed by atoms with Gasteiger partial charge in [0.2, 0.25) is 0 Å². The van der Waals surface area contributed by atoms with Gasteiger partial charge in [-0.25, -0.2) is 0 Å². The third-order valence-corrected chi connectivity index (χ3v) is 2.86. The Labute approximate surface area is 107 Å². The van der Waals surface area contributed by atoms with E-state index < -0.39 is 0 Å². The van der Waals surface area contributed by atoms with Crippen molar-refractivity contribution in [3.05, 3.63) is 36.7 Å². The predicted molar refractivity (Wildman–Crippen MR) is 77.7 cm³/mol. The summed E-state index contributed by atoms with van der Waals surface area (Å²) in [6, 6.07) is 0. The monoisotopic (exact) mass is 236 g/mol. The van der Waals surface area contributed by atoms with Crippen molar-refractivity contribution in [1.82, 2.24) is 10.6 Å². The first kappa shape index (κ1) is 15.8. The maximum Gasteiger partial charge on any atom is 0.0356 e. The predicted octanol–water partition coefficient (Wildman–Crippen LogP) is 3.45. The first-order chi connectivity index (χ1) is 7.84. The van der Waals surface area contributed by atoms with Gasteiger partial charge in [-0.15, -0.1) is 0 Å². The van der Waals surface area contributed by atoms with Crippen LogP contribution < -0.4 is 10.6 Å². The van der Waals surface area contributed by atoms with Gasteiger partial charge < -0.3 is 10.6 Å². The number of hydrogen-bond donors (Lipinski definition) is 2. The van der Waals surface area contributed by atoms with Gasteiger partial charge in [-0.3, -0.25) is 0 Å². The SMILES string of the molecule is C=C(CCNC(=C)C(C)C)NCC(=C)C(C)C. The molecule has 2 heteroatoms. The van der Waals surface area contributed by atoms with Crippen LogP contribution >= 0.6 is 0 Å². The summed E-state index contributed by atoms with van der Waals surface area (Å²) in [7, 11) is 0. The van der Waals surface area contributed by atoms with Crippen LogP contribution in [0.15, 0.2) is 36.7 Å². The molecular formula is C15H28N2. The fourth-order valence-electron chi connectivity index (χ4n) is 1.11. The Bertz CT molecular complexity index is 275. The van der Waals surface area contributed by atoms with Crippen LogP contribution in [0.3, 0.4) is 0 Å². The van der Waals surface area contributed by atoms with Gasteiger partial charge in [0.25, 0.3) is 0 Å². The molecule has 0 fully saturated rings. The standard InChI is InChI=1S/C15H28N2/c1-11(2)13(5)10-17-14(6)8-9-16-15(7)12(3)4/h11-12,16-17H,5-10H2,1-4H3. The van der Waals surface area contributed by atoms with E-state index >= 15 is 0 Å². The fourth-order valence-corrected chi connectivity index (χ4v) is 1.11. The van der Waals surface area contributed by atoms with Crippen molar-refractivity contribution in [2.24, 2.45) is 11.8 Å². The van der Waals surface area contributed by atoms with Crippen molar-refractivity contribution < 1.29 is 0 Å². The van der Waals surface area contributed by atoms with Crippen LogP contribution in [-0.2, 0) is 0 Å². The van der Waals surface area contributed by atoms with Gasteiger partial charge in [0, 0.05) is 30.9 Å². The molecule has 0 aromatic heterocycles. The van der Waals surface area contributed by atoms with E-state index in [1.807, 2.05) is 0 Å². The van der Waals surface area contributed by atoms with Crippen molar-refractivity contribution in [1.29, 1.82) is 0 Å². The van der Waals surface area contributed by atoms with E-state index in [0.29, 0.717) is 11.8 Å². The number of rotatable bonds is 9. The zero-order chi connectivity index (χ0) is 13.4. The van der Waals surface area contributed by atoms with Crippen LogP contribution in [0.2, 0.25) is 0 Å². The highest BCUT2D eigenvalue weighted by Crippen LogP contribution is 2.06. The molecule has 2 nitrogen and oxygen atoms in total. The molecule has 0 saturated heterocycles. The second-order valence-corrected chi connectivity index (χ2v) is 5.13. The second-order valence-electron chi connectivity index (χ2n) is 5.13.